The Bertz CT molecular complexity index is 1480. The van der Waals surface area contributed by atoms with Crippen molar-refractivity contribution in [3.8, 4) is 17.2 Å². The number of alkyl halides is 9. The molecule has 0 heterocycles. The SMILES string of the molecule is CNC(=O)Oc1cccc2ccccc12.COc1ccc(C(c2ccc(OC)cc2)C(Cl)(Cl)Cl)cc1.ClC1C(Cl)C(Cl)C(Cl)C(Cl)C1Cl. The Labute approximate surface area is 325 Å². The highest BCUT2D eigenvalue weighted by atomic mass is 35.6. The molecule has 48 heavy (non-hydrogen) atoms. The molecule has 0 bridgehead atoms. The van der Waals surface area contributed by atoms with Crippen molar-refractivity contribution in [2.24, 2.45) is 0 Å². The van der Waals surface area contributed by atoms with Gasteiger partial charge < -0.3 is 19.5 Å². The van der Waals surface area contributed by atoms with Gasteiger partial charge in [-0.15, -0.1) is 69.6 Å². The molecule has 0 aliphatic heterocycles. The fourth-order valence-corrected chi connectivity index (χ4v) is 7.74. The number of methoxy groups -OCH3 is 2. The third kappa shape index (κ3) is 11.1. The summed E-state index contributed by atoms with van der Waals surface area (Å²) in [6.07, 6.45) is -0.452. The van der Waals surface area contributed by atoms with E-state index in [1.165, 1.54) is 7.05 Å². The fraction of sp³-hybridized carbons (Fsp3) is 0.324. The third-order valence-electron chi connectivity index (χ3n) is 7.21. The van der Waals surface area contributed by atoms with Crippen LogP contribution >= 0.6 is 104 Å². The van der Waals surface area contributed by atoms with E-state index in [9.17, 15) is 4.79 Å². The Hall–Kier alpha value is -1.38. The first kappa shape index (κ1) is 41.0. The summed E-state index contributed by atoms with van der Waals surface area (Å²) in [7, 11) is 4.77. The second-order valence-electron chi connectivity index (χ2n) is 10.3. The minimum Gasteiger partial charge on any atom is -0.497 e. The summed E-state index contributed by atoms with van der Waals surface area (Å²) in [6.45, 7) is 0. The van der Waals surface area contributed by atoms with Crippen LogP contribution in [0.1, 0.15) is 17.0 Å². The molecule has 0 spiro atoms. The van der Waals surface area contributed by atoms with E-state index in [1.807, 2.05) is 84.9 Å². The van der Waals surface area contributed by atoms with E-state index < -0.39 is 42.1 Å². The van der Waals surface area contributed by atoms with E-state index in [2.05, 4.69) is 5.32 Å². The smallest absolute Gasteiger partial charge is 0.412 e. The average molecular weight is 838 g/mol. The van der Waals surface area contributed by atoms with Crippen molar-refractivity contribution >= 4 is 121 Å². The first-order valence-corrected chi connectivity index (χ1v) is 18.0. The number of halogens is 9. The molecule has 1 amide bonds. The average Bonchev–Trinajstić information content (AvgIpc) is 3.10. The van der Waals surface area contributed by atoms with Crippen molar-refractivity contribution in [3.63, 3.8) is 0 Å². The van der Waals surface area contributed by atoms with Crippen molar-refractivity contribution in [2.75, 3.05) is 21.3 Å². The van der Waals surface area contributed by atoms with E-state index in [0.717, 1.165) is 33.4 Å². The van der Waals surface area contributed by atoms with E-state index in [1.54, 1.807) is 20.3 Å². The predicted molar refractivity (Wildman–Crippen MR) is 205 cm³/mol. The molecule has 0 atom stereocenters. The van der Waals surface area contributed by atoms with Crippen molar-refractivity contribution < 1.29 is 19.0 Å². The van der Waals surface area contributed by atoms with Gasteiger partial charge in [0.05, 0.1) is 52.4 Å². The number of ether oxygens (including phenoxy) is 3. The molecule has 0 unspecified atom stereocenters. The first-order valence-electron chi connectivity index (χ1n) is 14.3. The molecule has 260 valence electrons. The maximum absolute atomic E-state index is 11.1. The molecule has 5 nitrogen and oxygen atoms in total. The van der Waals surface area contributed by atoms with Crippen LogP contribution in [0.5, 0.6) is 17.2 Å². The van der Waals surface area contributed by atoms with Gasteiger partial charge >= 0.3 is 6.09 Å². The number of amides is 1. The number of fused-ring (bicyclic) bond motifs is 1. The van der Waals surface area contributed by atoms with Gasteiger partial charge in [0.15, 0.2) is 0 Å². The monoisotopic (exact) mass is 833 g/mol. The molecule has 1 N–H and O–H groups in total. The lowest BCUT2D eigenvalue weighted by Crippen LogP contribution is -2.52. The number of hydrogen-bond donors (Lipinski definition) is 1. The van der Waals surface area contributed by atoms with Crippen molar-refractivity contribution in [1.29, 1.82) is 0 Å². The van der Waals surface area contributed by atoms with Crippen LogP contribution in [0.4, 0.5) is 4.79 Å². The van der Waals surface area contributed by atoms with Gasteiger partial charge in [0.2, 0.25) is 3.79 Å². The zero-order valence-electron chi connectivity index (χ0n) is 25.7. The number of carbonyl (C=O) groups excluding carboxylic acids is 1. The number of nitrogens with one attached hydrogen (secondary N) is 1. The Morgan fingerprint density at radius 2 is 1.02 bits per heavy atom. The molecule has 0 radical (unpaired) electrons. The maximum Gasteiger partial charge on any atom is 0.412 e. The highest BCUT2D eigenvalue weighted by molar-refractivity contribution is 6.68. The number of hydrogen-bond acceptors (Lipinski definition) is 4. The van der Waals surface area contributed by atoms with Gasteiger partial charge in [-0.25, -0.2) is 4.79 Å². The van der Waals surface area contributed by atoms with Gasteiger partial charge in [-0.1, -0.05) is 95.5 Å². The Morgan fingerprint density at radius 1 is 0.625 bits per heavy atom. The molecule has 1 aliphatic carbocycles. The second kappa shape index (κ2) is 19.3. The van der Waals surface area contributed by atoms with Crippen LogP contribution in [0.25, 0.3) is 10.8 Å². The van der Waals surface area contributed by atoms with Crippen molar-refractivity contribution in [3.05, 3.63) is 102 Å². The molecule has 0 saturated heterocycles. The minimum absolute atomic E-state index is 0.376. The maximum atomic E-state index is 11.1. The van der Waals surface area contributed by atoms with Gasteiger partial charge in [-0.05, 0) is 46.8 Å². The molecule has 14 heteroatoms. The zero-order valence-corrected chi connectivity index (χ0v) is 32.5. The molecular formula is C34H32Cl9NO4. The lowest BCUT2D eigenvalue weighted by molar-refractivity contribution is 0.203. The molecule has 1 fully saturated rings. The van der Waals surface area contributed by atoms with Gasteiger partial charge in [0, 0.05) is 12.4 Å². The Balaban J connectivity index is 0.000000204. The van der Waals surface area contributed by atoms with Crippen LogP contribution in [0.15, 0.2) is 91.0 Å². The van der Waals surface area contributed by atoms with Crippen LogP contribution < -0.4 is 19.5 Å². The summed E-state index contributed by atoms with van der Waals surface area (Å²) in [5, 5.41) is 1.79. The Morgan fingerprint density at radius 3 is 1.40 bits per heavy atom. The molecule has 1 saturated carbocycles. The summed E-state index contributed by atoms with van der Waals surface area (Å²) < 4.78 is 14.0. The number of carbonyl (C=O) groups is 1. The molecule has 4 aromatic carbocycles. The minimum atomic E-state index is -1.46. The predicted octanol–water partition coefficient (Wildman–Crippen LogP) is 11.4. The summed E-state index contributed by atoms with van der Waals surface area (Å²) in [6, 6.07) is 28.4. The quantitative estimate of drug-likeness (QED) is 0.204. The molecule has 4 aromatic rings. The topological polar surface area (TPSA) is 56.8 Å². The van der Waals surface area contributed by atoms with Crippen LogP contribution in [0, 0.1) is 0 Å². The lowest BCUT2D eigenvalue weighted by atomic mass is 9.92. The summed E-state index contributed by atoms with van der Waals surface area (Å²) in [5.74, 6) is 1.72. The summed E-state index contributed by atoms with van der Waals surface area (Å²) in [4.78, 5) is 11.1. The highest BCUT2D eigenvalue weighted by Crippen LogP contribution is 2.46. The molecule has 1 aliphatic rings. The van der Waals surface area contributed by atoms with E-state index in [4.69, 9.17) is 119 Å². The second-order valence-corrected chi connectivity index (χ2v) is 15.7. The lowest BCUT2D eigenvalue weighted by Gasteiger charge is -2.37. The number of rotatable bonds is 5. The van der Waals surface area contributed by atoms with Crippen molar-refractivity contribution in [2.45, 2.75) is 42.0 Å². The highest BCUT2D eigenvalue weighted by Gasteiger charge is 2.47. The van der Waals surface area contributed by atoms with Crippen LogP contribution in [-0.4, -0.2) is 63.4 Å². The van der Waals surface area contributed by atoms with Gasteiger partial charge in [-0.2, -0.15) is 0 Å². The van der Waals surface area contributed by atoms with Crippen LogP contribution in [0.3, 0.4) is 0 Å². The van der Waals surface area contributed by atoms with Gasteiger partial charge in [0.1, 0.15) is 17.2 Å². The molecule has 5 rings (SSSR count). The van der Waals surface area contributed by atoms with Crippen LogP contribution in [0.2, 0.25) is 0 Å². The van der Waals surface area contributed by atoms with Gasteiger partial charge in [0.25, 0.3) is 0 Å². The zero-order chi connectivity index (χ0) is 35.6. The number of benzene rings is 4. The van der Waals surface area contributed by atoms with E-state index in [0.29, 0.717) is 5.75 Å². The Kier molecular flexibility index (Phi) is 16.5. The van der Waals surface area contributed by atoms with Crippen LogP contribution in [-0.2, 0) is 0 Å². The normalized spacial score (nSPS) is 22.0. The van der Waals surface area contributed by atoms with E-state index in [-0.39, 0.29) is 5.92 Å². The molecule has 0 aromatic heterocycles. The fourth-order valence-electron chi connectivity index (χ4n) is 4.65. The summed E-state index contributed by atoms with van der Waals surface area (Å²) >= 11 is 53.8. The first-order chi connectivity index (χ1) is 22.7. The largest absolute Gasteiger partial charge is 0.497 e. The standard InChI is InChI=1S/C16H15Cl3O2.C12H11NO2.C6H6Cl6/c1-20-13-7-3-11(4-8-13)15(16(17,18)19)12-5-9-14(21-2)10-6-12;1-13-12(14)15-11-8-4-6-9-5-2-3-7-10(9)11;7-1-2(8)4(10)6(12)5(11)3(1)9/h3-10,15H,1-2H3;2-8H,1H3,(H,13,14);1-6H. The summed E-state index contributed by atoms with van der Waals surface area (Å²) in [5.41, 5.74) is 1.81. The van der Waals surface area contributed by atoms with Gasteiger partial charge in [-0.3, -0.25) is 0 Å². The van der Waals surface area contributed by atoms with Crippen molar-refractivity contribution in [1.82, 2.24) is 5.32 Å². The molecular weight excluding hydrogens is 805 g/mol. The third-order valence-corrected chi connectivity index (χ3v) is 11.9. The van der Waals surface area contributed by atoms with E-state index >= 15 is 0 Å².